The summed E-state index contributed by atoms with van der Waals surface area (Å²) in [4.78, 5) is 35.3. The molecule has 0 spiro atoms. The topological polar surface area (TPSA) is 95.9 Å². The number of likely N-dealkylation sites (tertiary alicyclic amines) is 1. The third kappa shape index (κ3) is 5.25. The zero-order valence-electron chi connectivity index (χ0n) is 21.0. The number of nitrogens with one attached hydrogen (secondary N) is 2. The summed E-state index contributed by atoms with van der Waals surface area (Å²) in [6, 6.07) is 23.3. The summed E-state index contributed by atoms with van der Waals surface area (Å²) in [6.07, 6.45) is 3.80. The predicted octanol–water partition coefficient (Wildman–Crippen LogP) is 5.57. The molecule has 1 amide bonds. The minimum Gasteiger partial charge on any atom is -0.367 e. The molecule has 2 aromatic carbocycles. The van der Waals surface area contributed by atoms with Crippen molar-refractivity contribution in [3.63, 3.8) is 0 Å². The van der Waals surface area contributed by atoms with Crippen LogP contribution in [-0.4, -0.2) is 56.9 Å². The Balaban J connectivity index is 1.31. The molecule has 0 bridgehead atoms. The lowest BCUT2D eigenvalue weighted by molar-refractivity contribution is 0.102. The van der Waals surface area contributed by atoms with Crippen LogP contribution in [-0.2, 0) is 0 Å². The van der Waals surface area contributed by atoms with Crippen LogP contribution < -0.4 is 10.6 Å². The van der Waals surface area contributed by atoms with Crippen LogP contribution in [0.1, 0.15) is 23.3 Å². The van der Waals surface area contributed by atoms with E-state index in [9.17, 15) is 4.79 Å². The van der Waals surface area contributed by atoms with Crippen LogP contribution in [0.15, 0.2) is 79.0 Å². The maximum atomic E-state index is 13.6. The Labute approximate surface area is 224 Å². The minimum absolute atomic E-state index is 0.300. The van der Waals surface area contributed by atoms with E-state index in [4.69, 9.17) is 9.97 Å². The Morgan fingerprint density at radius 2 is 1.74 bits per heavy atom. The van der Waals surface area contributed by atoms with Gasteiger partial charge < -0.3 is 15.5 Å². The maximum absolute atomic E-state index is 13.6. The van der Waals surface area contributed by atoms with Crippen molar-refractivity contribution >= 4 is 39.1 Å². The molecular formula is C29H27N7OS. The van der Waals surface area contributed by atoms with Gasteiger partial charge in [-0.05, 0) is 57.2 Å². The van der Waals surface area contributed by atoms with Gasteiger partial charge in [0.15, 0.2) is 5.82 Å². The number of piperidine rings is 1. The van der Waals surface area contributed by atoms with Gasteiger partial charge in [-0.15, -0.1) is 0 Å². The third-order valence-corrected chi connectivity index (χ3v) is 7.65. The second kappa shape index (κ2) is 10.6. The van der Waals surface area contributed by atoms with Gasteiger partial charge in [0.1, 0.15) is 26.9 Å². The Morgan fingerprint density at radius 1 is 0.947 bits per heavy atom. The van der Waals surface area contributed by atoms with E-state index in [0.29, 0.717) is 29.1 Å². The first kappa shape index (κ1) is 24.1. The van der Waals surface area contributed by atoms with Crippen molar-refractivity contribution in [2.45, 2.75) is 18.9 Å². The maximum Gasteiger partial charge on any atom is 0.274 e. The van der Waals surface area contributed by atoms with E-state index in [2.05, 4.69) is 32.5 Å². The molecule has 2 N–H and O–H groups in total. The molecule has 8 nitrogen and oxygen atoms in total. The SMILES string of the molecule is CN1CCC(Nc2cc(C(=O)Nc3ccccc3-c3nc4cccnc4s3)nc(-c3ccccc3)n2)CC1. The Morgan fingerprint density at radius 3 is 2.55 bits per heavy atom. The zero-order chi connectivity index (χ0) is 25.9. The number of hydrogen-bond acceptors (Lipinski definition) is 8. The number of benzene rings is 2. The van der Waals surface area contributed by atoms with Gasteiger partial charge in [0, 0.05) is 29.4 Å². The highest BCUT2D eigenvalue weighted by Gasteiger charge is 2.20. The zero-order valence-corrected chi connectivity index (χ0v) is 21.8. The van der Waals surface area contributed by atoms with E-state index in [-0.39, 0.29) is 5.91 Å². The standard InChI is InChI=1S/C29H27N7OS/c1-36-16-13-20(14-17-36)31-25-18-24(32-26(35-25)19-8-3-2-4-9-19)27(37)33-22-11-6-5-10-21(22)28-34-23-12-7-15-30-29(23)38-28/h2-12,15,18,20H,13-14,16-17H2,1H3,(H,33,37)(H,31,32,35). The number of aromatic nitrogens is 4. The van der Waals surface area contributed by atoms with Crippen LogP contribution in [0.4, 0.5) is 11.5 Å². The van der Waals surface area contributed by atoms with Crippen molar-refractivity contribution in [1.82, 2.24) is 24.8 Å². The highest BCUT2D eigenvalue weighted by Crippen LogP contribution is 2.34. The van der Waals surface area contributed by atoms with Crippen LogP contribution in [0.3, 0.4) is 0 Å². The largest absolute Gasteiger partial charge is 0.367 e. The van der Waals surface area contributed by atoms with E-state index in [1.54, 1.807) is 12.3 Å². The molecule has 38 heavy (non-hydrogen) atoms. The summed E-state index contributed by atoms with van der Waals surface area (Å²) in [5.74, 6) is 0.867. The molecule has 0 unspecified atom stereocenters. The Hall–Kier alpha value is -4.21. The molecule has 0 aliphatic carbocycles. The van der Waals surface area contributed by atoms with Gasteiger partial charge in [-0.25, -0.2) is 19.9 Å². The lowest BCUT2D eigenvalue weighted by atomic mass is 10.1. The molecule has 5 aromatic rings. The van der Waals surface area contributed by atoms with E-state index in [0.717, 1.165) is 52.4 Å². The molecule has 1 fully saturated rings. The summed E-state index contributed by atoms with van der Waals surface area (Å²) in [7, 11) is 2.14. The van der Waals surface area contributed by atoms with Crippen molar-refractivity contribution in [1.29, 1.82) is 0 Å². The second-order valence-corrected chi connectivity index (χ2v) is 10.4. The number of carbonyl (C=O) groups excluding carboxylic acids is 1. The predicted molar refractivity (Wildman–Crippen MR) is 152 cm³/mol. The van der Waals surface area contributed by atoms with Crippen LogP contribution >= 0.6 is 11.3 Å². The number of para-hydroxylation sites is 1. The lowest BCUT2D eigenvalue weighted by Crippen LogP contribution is -2.37. The molecule has 1 aliphatic heterocycles. The van der Waals surface area contributed by atoms with Gasteiger partial charge >= 0.3 is 0 Å². The molecule has 190 valence electrons. The van der Waals surface area contributed by atoms with Gasteiger partial charge in [0.2, 0.25) is 0 Å². The number of anilines is 2. The highest BCUT2D eigenvalue weighted by atomic mass is 32.1. The monoisotopic (exact) mass is 521 g/mol. The van der Waals surface area contributed by atoms with Crippen molar-refractivity contribution in [3.05, 3.63) is 84.7 Å². The quantitative estimate of drug-likeness (QED) is 0.301. The molecular weight excluding hydrogens is 494 g/mol. The van der Waals surface area contributed by atoms with E-state index in [1.807, 2.05) is 66.7 Å². The molecule has 9 heteroatoms. The molecule has 4 heterocycles. The molecule has 1 aliphatic rings. The molecule has 0 atom stereocenters. The van der Waals surface area contributed by atoms with E-state index in [1.165, 1.54) is 11.3 Å². The van der Waals surface area contributed by atoms with Gasteiger partial charge in [0.25, 0.3) is 5.91 Å². The number of rotatable bonds is 6. The third-order valence-electron chi connectivity index (χ3n) is 6.63. The van der Waals surface area contributed by atoms with Crippen LogP contribution in [0.2, 0.25) is 0 Å². The lowest BCUT2D eigenvalue weighted by Gasteiger charge is -2.29. The molecule has 6 rings (SSSR count). The number of amides is 1. The molecule has 0 radical (unpaired) electrons. The average Bonchev–Trinajstić information content (AvgIpc) is 3.39. The van der Waals surface area contributed by atoms with Crippen molar-refractivity contribution < 1.29 is 4.79 Å². The fourth-order valence-electron chi connectivity index (χ4n) is 4.57. The first-order valence-electron chi connectivity index (χ1n) is 12.6. The summed E-state index contributed by atoms with van der Waals surface area (Å²) in [5, 5.41) is 7.42. The molecule has 0 saturated carbocycles. The number of nitrogens with zero attached hydrogens (tertiary/aromatic N) is 5. The van der Waals surface area contributed by atoms with Crippen LogP contribution in [0, 0.1) is 0 Å². The summed E-state index contributed by atoms with van der Waals surface area (Å²) < 4.78 is 0. The normalized spacial score (nSPS) is 14.4. The van der Waals surface area contributed by atoms with E-state index < -0.39 is 0 Å². The second-order valence-electron chi connectivity index (χ2n) is 9.40. The number of carbonyl (C=O) groups is 1. The Bertz CT molecular complexity index is 1550. The molecule has 3 aromatic heterocycles. The van der Waals surface area contributed by atoms with Gasteiger partial charge in [-0.1, -0.05) is 53.8 Å². The van der Waals surface area contributed by atoms with Crippen molar-refractivity contribution in [3.8, 4) is 22.0 Å². The smallest absolute Gasteiger partial charge is 0.274 e. The number of thiazole rings is 1. The molecule has 1 saturated heterocycles. The summed E-state index contributed by atoms with van der Waals surface area (Å²) >= 11 is 1.50. The van der Waals surface area contributed by atoms with E-state index >= 15 is 0 Å². The summed E-state index contributed by atoms with van der Waals surface area (Å²) in [5.41, 5.74) is 3.50. The van der Waals surface area contributed by atoms with Gasteiger partial charge in [0.05, 0.1) is 5.69 Å². The van der Waals surface area contributed by atoms with Gasteiger partial charge in [-0.3, -0.25) is 4.79 Å². The fraction of sp³-hybridized carbons (Fsp3) is 0.207. The number of hydrogen-bond donors (Lipinski definition) is 2. The number of pyridine rings is 1. The van der Waals surface area contributed by atoms with Crippen LogP contribution in [0.25, 0.3) is 32.3 Å². The fourth-order valence-corrected chi connectivity index (χ4v) is 5.51. The minimum atomic E-state index is -0.303. The van der Waals surface area contributed by atoms with Crippen molar-refractivity contribution in [2.24, 2.45) is 0 Å². The highest BCUT2D eigenvalue weighted by molar-refractivity contribution is 7.21. The first-order chi connectivity index (χ1) is 18.6. The van der Waals surface area contributed by atoms with Crippen molar-refractivity contribution in [2.75, 3.05) is 30.8 Å². The number of fused-ring (bicyclic) bond motifs is 1. The van der Waals surface area contributed by atoms with Crippen LogP contribution in [0.5, 0.6) is 0 Å². The first-order valence-corrected chi connectivity index (χ1v) is 13.5. The average molecular weight is 522 g/mol. The Kier molecular flexibility index (Phi) is 6.76. The van der Waals surface area contributed by atoms with Gasteiger partial charge in [-0.2, -0.15) is 0 Å². The summed E-state index contributed by atoms with van der Waals surface area (Å²) in [6.45, 7) is 2.05.